The lowest BCUT2D eigenvalue weighted by Gasteiger charge is -2.29. The number of hydrogen-bond acceptors (Lipinski definition) is 7. The van der Waals surface area contributed by atoms with E-state index in [1.54, 1.807) is 20.8 Å². The molecule has 0 aliphatic heterocycles. The minimum absolute atomic E-state index is 0.0555. The third-order valence-corrected chi connectivity index (χ3v) is 5.90. The SMILES string of the molecule is CCC(C)C(NC(=O)C(NC(=O)C(N)CCCN=C(N)N)C(C)C)C(=O)NC(CCCN=C(N)N)C(=O)O. The molecule has 14 N–H and O–H groups in total. The molecule has 0 spiro atoms. The average Bonchev–Trinajstić information content (AvgIpc) is 2.83. The van der Waals surface area contributed by atoms with Gasteiger partial charge in [-0.3, -0.25) is 24.4 Å². The summed E-state index contributed by atoms with van der Waals surface area (Å²) in [6, 6.07) is -4.08. The Bertz CT molecular complexity index is 840. The lowest BCUT2D eigenvalue weighted by Crippen LogP contribution is -2.59. The maximum absolute atomic E-state index is 13.2. The summed E-state index contributed by atoms with van der Waals surface area (Å²) in [7, 11) is 0. The number of carbonyl (C=O) groups excluding carboxylic acids is 3. The van der Waals surface area contributed by atoms with Crippen molar-refractivity contribution in [2.75, 3.05) is 13.1 Å². The number of aliphatic carboxylic acids is 1. The van der Waals surface area contributed by atoms with E-state index in [2.05, 4.69) is 25.9 Å². The molecule has 0 aromatic heterocycles. The summed E-state index contributed by atoms with van der Waals surface area (Å²) in [5, 5.41) is 17.4. The van der Waals surface area contributed by atoms with Crippen molar-refractivity contribution in [3.63, 3.8) is 0 Å². The molecule has 15 nitrogen and oxygen atoms in total. The molecule has 5 unspecified atom stereocenters. The van der Waals surface area contributed by atoms with E-state index in [9.17, 15) is 24.3 Å². The zero-order valence-corrected chi connectivity index (χ0v) is 22.8. The third kappa shape index (κ3) is 13.6. The second-order valence-electron chi connectivity index (χ2n) is 9.51. The van der Waals surface area contributed by atoms with Crippen LogP contribution in [0.2, 0.25) is 0 Å². The monoisotopic (exact) mass is 542 g/mol. The lowest BCUT2D eigenvalue weighted by molar-refractivity contribution is -0.143. The summed E-state index contributed by atoms with van der Waals surface area (Å²) in [6.07, 6.45) is 1.71. The largest absolute Gasteiger partial charge is 0.480 e. The Kier molecular flexibility index (Phi) is 16.1. The van der Waals surface area contributed by atoms with Gasteiger partial charge in [-0.1, -0.05) is 34.1 Å². The molecule has 218 valence electrons. The summed E-state index contributed by atoms with van der Waals surface area (Å²) in [5.74, 6) is -3.79. The van der Waals surface area contributed by atoms with Crippen molar-refractivity contribution in [1.82, 2.24) is 16.0 Å². The Labute approximate surface area is 223 Å². The van der Waals surface area contributed by atoms with E-state index < -0.39 is 47.9 Å². The molecule has 5 atom stereocenters. The van der Waals surface area contributed by atoms with Crippen LogP contribution >= 0.6 is 0 Å². The molecular weight excluding hydrogens is 496 g/mol. The van der Waals surface area contributed by atoms with Gasteiger partial charge in [-0.25, -0.2) is 4.79 Å². The Balaban J connectivity index is 5.36. The Hall–Kier alpha value is -3.62. The molecule has 15 heteroatoms. The molecule has 0 aromatic carbocycles. The first-order valence-electron chi connectivity index (χ1n) is 12.7. The Morgan fingerprint density at radius 2 is 1.24 bits per heavy atom. The fraction of sp³-hybridized carbons (Fsp3) is 0.739. The summed E-state index contributed by atoms with van der Waals surface area (Å²) in [6.45, 7) is 7.60. The molecule has 0 radical (unpaired) electrons. The number of aliphatic imine (C=N–C) groups is 2. The highest BCUT2D eigenvalue weighted by molar-refractivity contribution is 5.94. The number of nitrogens with zero attached hydrogens (tertiary/aromatic N) is 2. The van der Waals surface area contributed by atoms with Gasteiger partial charge in [-0.2, -0.15) is 0 Å². The highest BCUT2D eigenvalue weighted by Crippen LogP contribution is 2.12. The van der Waals surface area contributed by atoms with Gasteiger partial charge >= 0.3 is 5.97 Å². The first kappa shape index (κ1) is 34.4. The van der Waals surface area contributed by atoms with E-state index in [0.717, 1.165) is 0 Å². The van der Waals surface area contributed by atoms with Crippen LogP contribution in [0, 0.1) is 11.8 Å². The van der Waals surface area contributed by atoms with Crippen molar-refractivity contribution < 1.29 is 24.3 Å². The van der Waals surface area contributed by atoms with Gasteiger partial charge in [0.15, 0.2) is 11.9 Å². The zero-order valence-electron chi connectivity index (χ0n) is 22.8. The van der Waals surface area contributed by atoms with Crippen molar-refractivity contribution in [3.05, 3.63) is 0 Å². The van der Waals surface area contributed by atoms with E-state index in [1.165, 1.54) is 0 Å². The smallest absolute Gasteiger partial charge is 0.326 e. The molecule has 0 saturated carbocycles. The fourth-order valence-electron chi connectivity index (χ4n) is 3.41. The topological polar surface area (TPSA) is 279 Å². The van der Waals surface area contributed by atoms with E-state index in [1.807, 2.05) is 6.92 Å². The van der Waals surface area contributed by atoms with Crippen molar-refractivity contribution in [1.29, 1.82) is 0 Å². The van der Waals surface area contributed by atoms with Crippen LogP contribution in [-0.2, 0) is 19.2 Å². The number of nitrogens with two attached hydrogens (primary N) is 5. The molecule has 38 heavy (non-hydrogen) atoms. The second-order valence-corrected chi connectivity index (χ2v) is 9.51. The lowest BCUT2D eigenvalue weighted by atomic mass is 9.95. The molecule has 0 heterocycles. The molecule has 0 aromatic rings. The van der Waals surface area contributed by atoms with E-state index in [-0.39, 0.29) is 36.7 Å². The summed E-state index contributed by atoms with van der Waals surface area (Å²) < 4.78 is 0. The maximum atomic E-state index is 13.2. The van der Waals surface area contributed by atoms with Crippen molar-refractivity contribution >= 4 is 35.6 Å². The van der Waals surface area contributed by atoms with Crippen molar-refractivity contribution in [3.8, 4) is 0 Å². The van der Waals surface area contributed by atoms with Crippen LogP contribution in [0.5, 0.6) is 0 Å². The van der Waals surface area contributed by atoms with Crippen molar-refractivity contribution in [2.45, 2.75) is 84.0 Å². The highest BCUT2D eigenvalue weighted by atomic mass is 16.4. The van der Waals surface area contributed by atoms with Crippen LogP contribution in [0.3, 0.4) is 0 Å². The van der Waals surface area contributed by atoms with Crippen LogP contribution in [0.25, 0.3) is 0 Å². The Morgan fingerprint density at radius 3 is 1.68 bits per heavy atom. The predicted molar refractivity (Wildman–Crippen MR) is 146 cm³/mol. The molecule has 0 aliphatic rings. The molecule has 0 fully saturated rings. The van der Waals surface area contributed by atoms with Gasteiger partial charge in [-0.15, -0.1) is 0 Å². The molecule has 0 bridgehead atoms. The van der Waals surface area contributed by atoms with Gasteiger partial charge in [0.2, 0.25) is 17.7 Å². The average molecular weight is 543 g/mol. The minimum atomic E-state index is -1.22. The number of hydrogen-bond donors (Lipinski definition) is 9. The van der Waals surface area contributed by atoms with Gasteiger partial charge in [0.1, 0.15) is 18.1 Å². The quantitative estimate of drug-likeness (QED) is 0.0505. The van der Waals surface area contributed by atoms with E-state index in [0.29, 0.717) is 32.2 Å². The van der Waals surface area contributed by atoms with E-state index in [4.69, 9.17) is 28.7 Å². The second kappa shape index (κ2) is 17.8. The summed E-state index contributed by atoms with van der Waals surface area (Å²) in [4.78, 5) is 58.2. The van der Waals surface area contributed by atoms with Crippen LogP contribution in [-0.4, -0.2) is 78.0 Å². The summed E-state index contributed by atoms with van der Waals surface area (Å²) in [5.41, 5.74) is 27.0. The van der Waals surface area contributed by atoms with Crippen LogP contribution in [0.15, 0.2) is 9.98 Å². The molecule has 3 amide bonds. The zero-order chi connectivity index (χ0) is 29.4. The highest BCUT2D eigenvalue weighted by Gasteiger charge is 2.33. The molecule has 0 saturated heterocycles. The standard InChI is InChI=1S/C23H46N10O5/c1-5-13(4)17(20(36)31-15(21(37)38)9-7-11-30-23(27)28)33-19(35)16(12(2)3)32-18(34)14(24)8-6-10-29-22(25)26/h12-17H,5-11,24H2,1-4H3,(H,31,36)(H,32,34)(H,33,35)(H,37,38)(H4,25,26,29)(H4,27,28,30). The Morgan fingerprint density at radius 1 is 0.763 bits per heavy atom. The molecule has 0 aliphatic carbocycles. The van der Waals surface area contributed by atoms with Crippen molar-refractivity contribution in [2.24, 2.45) is 50.5 Å². The van der Waals surface area contributed by atoms with Gasteiger partial charge < -0.3 is 49.7 Å². The van der Waals surface area contributed by atoms with Gasteiger partial charge in [-0.05, 0) is 37.5 Å². The number of carboxylic acid groups (broad SMARTS) is 1. The number of guanidine groups is 2. The third-order valence-electron chi connectivity index (χ3n) is 5.90. The van der Waals surface area contributed by atoms with Crippen LogP contribution in [0.4, 0.5) is 0 Å². The number of amides is 3. The van der Waals surface area contributed by atoms with Gasteiger partial charge in [0, 0.05) is 13.1 Å². The summed E-state index contributed by atoms with van der Waals surface area (Å²) >= 11 is 0. The normalized spacial score (nSPS) is 14.8. The minimum Gasteiger partial charge on any atom is -0.480 e. The first-order chi connectivity index (χ1) is 17.7. The maximum Gasteiger partial charge on any atom is 0.326 e. The van der Waals surface area contributed by atoms with Crippen LogP contribution < -0.4 is 44.6 Å². The van der Waals surface area contributed by atoms with Gasteiger partial charge in [0.25, 0.3) is 0 Å². The number of nitrogens with one attached hydrogen (secondary N) is 3. The van der Waals surface area contributed by atoms with Gasteiger partial charge in [0.05, 0.1) is 6.04 Å². The molecular formula is C23H46N10O5. The molecule has 0 rings (SSSR count). The number of carboxylic acids is 1. The van der Waals surface area contributed by atoms with E-state index >= 15 is 0 Å². The predicted octanol–water partition coefficient (Wildman–Crippen LogP) is -2.34. The fourth-order valence-corrected chi connectivity index (χ4v) is 3.41. The number of rotatable bonds is 18. The number of carbonyl (C=O) groups is 4. The first-order valence-corrected chi connectivity index (χ1v) is 12.7. The van der Waals surface area contributed by atoms with Crippen LogP contribution in [0.1, 0.15) is 59.8 Å².